The maximum absolute atomic E-state index is 12.5. The number of hydrogen-bond donors (Lipinski definition) is 2. The van der Waals surface area contributed by atoms with Gasteiger partial charge in [0.05, 0.1) is 6.10 Å². The second-order valence-electron chi connectivity index (χ2n) is 5.89. The Bertz CT molecular complexity index is 921. The normalized spacial score (nSPS) is 11.7. The van der Waals surface area contributed by atoms with Crippen LogP contribution in [-0.4, -0.2) is 22.1 Å². The lowest BCUT2D eigenvalue weighted by Crippen LogP contribution is -2.26. The largest absolute Gasteiger partial charge is 0.443 e. The number of nitrogens with zero attached hydrogens (tertiary/aromatic N) is 2. The molecule has 1 atom stereocenters. The van der Waals surface area contributed by atoms with Crippen molar-refractivity contribution in [3.05, 3.63) is 77.3 Å². The number of aromatic nitrogens is 1. The number of hydrogen-bond acceptors (Lipinski definition) is 4. The molecule has 0 spiro atoms. The van der Waals surface area contributed by atoms with Gasteiger partial charge in [-0.15, -0.1) is 0 Å². The van der Waals surface area contributed by atoms with Crippen LogP contribution >= 0.6 is 0 Å². The maximum atomic E-state index is 12.5. The van der Waals surface area contributed by atoms with E-state index in [1.54, 1.807) is 23.9 Å². The molecule has 26 heavy (non-hydrogen) atoms. The van der Waals surface area contributed by atoms with Crippen molar-refractivity contribution in [2.45, 2.75) is 19.4 Å². The van der Waals surface area contributed by atoms with Gasteiger partial charge in [0.15, 0.2) is 0 Å². The third kappa shape index (κ3) is 3.53. The van der Waals surface area contributed by atoms with Crippen LogP contribution in [0.3, 0.4) is 0 Å². The van der Waals surface area contributed by atoms with E-state index in [2.05, 4.69) is 11.4 Å². The van der Waals surface area contributed by atoms with E-state index in [9.17, 15) is 15.2 Å². The molecule has 2 N–H and O–H groups in total. The molecule has 2 heterocycles. The van der Waals surface area contributed by atoms with Crippen LogP contribution in [0.1, 0.15) is 39.8 Å². The van der Waals surface area contributed by atoms with Gasteiger partial charge in [0.1, 0.15) is 23.0 Å². The molecule has 3 rings (SSSR count). The highest BCUT2D eigenvalue weighted by atomic mass is 16.4. The summed E-state index contributed by atoms with van der Waals surface area (Å²) in [6, 6.07) is 14.9. The average molecular weight is 349 g/mol. The van der Waals surface area contributed by atoms with E-state index in [-0.39, 0.29) is 23.6 Å². The van der Waals surface area contributed by atoms with Crippen molar-refractivity contribution < 1.29 is 14.3 Å². The lowest BCUT2D eigenvalue weighted by molar-refractivity contribution is 0.0941. The van der Waals surface area contributed by atoms with Crippen LogP contribution in [0, 0.1) is 18.3 Å². The topological polar surface area (TPSA) is 91.2 Å². The zero-order chi connectivity index (χ0) is 18.5. The third-order valence-corrected chi connectivity index (χ3v) is 4.13. The first-order valence-electron chi connectivity index (χ1n) is 8.30. The van der Waals surface area contributed by atoms with Gasteiger partial charge in [-0.2, -0.15) is 5.26 Å². The van der Waals surface area contributed by atoms with Crippen LogP contribution in [-0.2, 0) is 0 Å². The molecule has 3 aromatic rings. The summed E-state index contributed by atoms with van der Waals surface area (Å²) in [5.41, 5.74) is 1.22. The summed E-state index contributed by atoms with van der Waals surface area (Å²) >= 11 is 0. The molecule has 132 valence electrons. The Kier molecular flexibility index (Phi) is 5.20. The number of aryl methyl sites for hydroxylation is 1. The minimum absolute atomic E-state index is 0.194. The zero-order valence-electron chi connectivity index (χ0n) is 14.3. The molecular weight excluding hydrogens is 330 g/mol. The fraction of sp³-hybridized carbons (Fsp3) is 0.200. The highest BCUT2D eigenvalue weighted by molar-refractivity contribution is 5.98. The van der Waals surface area contributed by atoms with Crippen LogP contribution in [0.15, 0.2) is 59.3 Å². The molecule has 1 aromatic carbocycles. The second kappa shape index (κ2) is 7.72. The number of amides is 1. The molecule has 0 bridgehead atoms. The van der Waals surface area contributed by atoms with Crippen molar-refractivity contribution in [1.82, 2.24) is 9.88 Å². The number of furan rings is 1. The molecule has 0 aliphatic rings. The molecule has 0 fully saturated rings. The highest BCUT2D eigenvalue weighted by Gasteiger charge is 2.24. The molecule has 6 heteroatoms. The summed E-state index contributed by atoms with van der Waals surface area (Å²) in [6.07, 6.45) is 3.21. The third-order valence-electron chi connectivity index (χ3n) is 4.13. The Morgan fingerprint density at radius 3 is 2.62 bits per heavy atom. The van der Waals surface area contributed by atoms with E-state index in [0.29, 0.717) is 18.1 Å². The Morgan fingerprint density at radius 1 is 1.27 bits per heavy atom. The number of rotatable bonds is 6. The Labute approximate surface area is 151 Å². The SMILES string of the molecule is Cc1oc(-n2cccc2)c(C#N)c1C(=O)NCCC(O)c1ccccc1. The van der Waals surface area contributed by atoms with E-state index in [1.807, 2.05) is 42.5 Å². The van der Waals surface area contributed by atoms with E-state index in [1.165, 1.54) is 0 Å². The van der Waals surface area contributed by atoms with Gasteiger partial charge >= 0.3 is 0 Å². The van der Waals surface area contributed by atoms with Gasteiger partial charge in [-0.1, -0.05) is 30.3 Å². The van der Waals surface area contributed by atoms with Gasteiger partial charge in [-0.3, -0.25) is 9.36 Å². The molecule has 1 amide bonds. The molecule has 0 radical (unpaired) electrons. The fourth-order valence-corrected chi connectivity index (χ4v) is 2.81. The first-order chi connectivity index (χ1) is 12.6. The standard InChI is InChI=1S/C20H19N3O3/c1-14-18(16(13-21)20(26-14)23-11-5-6-12-23)19(25)22-10-9-17(24)15-7-3-2-4-8-15/h2-8,11-12,17,24H,9-10H2,1H3,(H,22,25). The van der Waals surface area contributed by atoms with Crippen molar-refractivity contribution in [2.75, 3.05) is 6.54 Å². The molecular formula is C20H19N3O3. The quantitative estimate of drug-likeness (QED) is 0.715. The number of nitriles is 1. The summed E-state index contributed by atoms with van der Waals surface area (Å²) in [5, 5.41) is 22.4. The number of aliphatic hydroxyl groups excluding tert-OH is 1. The molecule has 0 saturated heterocycles. The van der Waals surface area contributed by atoms with Gasteiger partial charge in [0, 0.05) is 18.9 Å². The van der Waals surface area contributed by atoms with Crippen LogP contribution < -0.4 is 5.32 Å². The fourth-order valence-electron chi connectivity index (χ4n) is 2.81. The molecule has 0 aliphatic heterocycles. The number of aliphatic hydroxyl groups is 1. The molecule has 6 nitrogen and oxygen atoms in total. The lowest BCUT2D eigenvalue weighted by atomic mass is 10.1. The average Bonchev–Trinajstić information content (AvgIpc) is 3.29. The van der Waals surface area contributed by atoms with Gasteiger partial charge in [-0.25, -0.2) is 0 Å². The molecule has 2 aromatic heterocycles. The predicted octanol–water partition coefficient (Wildman–Crippen LogP) is 3.10. The summed E-state index contributed by atoms with van der Waals surface area (Å²) in [6.45, 7) is 1.94. The van der Waals surface area contributed by atoms with Crippen molar-refractivity contribution >= 4 is 5.91 Å². The van der Waals surface area contributed by atoms with E-state index >= 15 is 0 Å². The minimum atomic E-state index is -0.659. The number of nitrogens with one attached hydrogen (secondary N) is 1. The Balaban J connectivity index is 1.70. The van der Waals surface area contributed by atoms with Crippen molar-refractivity contribution in [2.24, 2.45) is 0 Å². The number of benzene rings is 1. The monoisotopic (exact) mass is 349 g/mol. The summed E-state index contributed by atoms with van der Waals surface area (Å²) in [4.78, 5) is 12.5. The smallest absolute Gasteiger partial charge is 0.256 e. The molecule has 0 aliphatic carbocycles. The van der Waals surface area contributed by atoms with E-state index in [4.69, 9.17) is 4.42 Å². The summed E-state index contributed by atoms with van der Waals surface area (Å²) in [7, 11) is 0. The van der Waals surface area contributed by atoms with Gasteiger partial charge in [-0.05, 0) is 31.0 Å². The highest BCUT2D eigenvalue weighted by Crippen LogP contribution is 2.25. The Morgan fingerprint density at radius 2 is 1.96 bits per heavy atom. The maximum Gasteiger partial charge on any atom is 0.256 e. The van der Waals surface area contributed by atoms with Crippen LogP contribution in [0.5, 0.6) is 0 Å². The number of carbonyl (C=O) groups excluding carboxylic acids is 1. The molecule has 0 saturated carbocycles. The van der Waals surface area contributed by atoms with Crippen molar-refractivity contribution in [1.29, 1.82) is 5.26 Å². The van der Waals surface area contributed by atoms with Crippen LogP contribution in [0.25, 0.3) is 5.88 Å². The molecule has 1 unspecified atom stereocenters. The van der Waals surface area contributed by atoms with Crippen LogP contribution in [0.4, 0.5) is 0 Å². The summed E-state index contributed by atoms with van der Waals surface area (Å²) < 4.78 is 7.28. The minimum Gasteiger partial charge on any atom is -0.443 e. The predicted molar refractivity (Wildman–Crippen MR) is 95.8 cm³/mol. The summed E-state index contributed by atoms with van der Waals surface area (Å²) in [5.74, 6) is 0.317. The second-order valence-corrected chi connectivity index (χ2v) is 5.89. The van der Waals surface area contributed by atoms with Crippen molar-refractivity contribution in [3.8, 4) is 12.0 Å². The van der Waals surface area contributed by atoms with Crippen molar-refractivity contribution in [3.63, 3.8) is 0 Å². The van der Waals surface area contributed by atoms with Crippen LogP contribution in [0.2, 0.25) is 0 Å². The van der Waals surface area contributed by atoms with E-state index < -0.39 is 6.10 Å². The van der Waals surface area contributed by atoms with Gasteiger partial charge in [0.2, 0.25) is 5.88 Å². The first kappa shape index (κ1) is 17.5. The van der Waals surface area contributed by atoms with E-state index in [0.717, 1.165) is 5.56 Å². The first-order valence-corrected chi connectivity index (χ1v) is 8.30. The Hall–Kier alpha value is -3.30. The number of carbonyl (C=O) groups is 1. The zero-order valence-corrected chi connectivity index (χ0v) is 14.3. The van der Waals surface area contributed by atoms with Gasteiger partial charge < -0.3 is 14.8 Å². The van der Waals surface area contributed by atoms with Gasteiger partial charge in [0.25, 0.3) is 5.91 Å². The lowest BCUT2D eigenvalue weighted by Gasteiger charge is -2.11.